The van der Waals surface area contributed by atoms with Gasteiger partial charge in [-0.25, -0.2) is 0 Å². The second kappa shape index (κ2) is 8.32. The lowest BCUT2D eigenvalue weighted by Crippen LogP contribution is -2.30. The molecule has 1 aliphatic carbocycles. The molecule has 1 saturated carbocycles. The van der Waals surface area contributed by atoms with E-state index in [4.69, 9.17) is 4.74 Å². The smallest absolute Gasteiger partial charge is 0.306 e. The van der Waals surface area contributed by atoms with Crippen molar-refractivity contribution in [1.82, 2.24) is 0 Å². The number of benzene rings is 1. The van der Waals surface area contributed by atoms with Gasteiger partial charge in [0.25, 0.3) is 5.91 Å². The van der Waals surface area contributed by atoms with Crippen LogP contribution in [0, 0.1) is 26.7 Å². The fourth-order valence-electron chi connectivity index (χ4n) is 3.53. The standard InChI is InChI=1S/C20H29NO3/c1-13-11-14(2)19(15(3)12-13)21-20(23)16(4)24-18(22)10-9-17-7-5-6-8-17/h11-12,16-17H,5-10H2,1-4H3,(H,21,23). The van der Waals surface area contributed by atoms with Gasteiger partial charge in [-0.05, 0) is 51.2 Å². The highest BCUT2D eigenvalue weighted by molar-refractivity contribution is 5.96. The Morgan fingerprint density at radius 1 is 1.17 bits per heavy atom. The topological polar surface area (TPSA) is 55.4 Å². The van der Waals surface area contributed by atoms with Crippen LogP contribution in [0.15, 0.2) is 12.1 Å². The van der Waals surface area contributed by atoms with Crippen molar-refractivity contribution < 1.29 is 14.3 Å². The highest BCUT2D eigenvalue weighted by Gasteiger charge is 2.21. The van der Waals surface area contributed by atoms with Crippen molar-refractivity contribution in [2.24, 2.45) is 5.92 Å². The summed E-state index contributed by atoms with van der Waals surface area (Å²) in [7, 11) is 0. The highest BCUT2D eigenvalue weighted by atomic mass is 16.5. The molecule has 2 rings (SSSR count). The molecule has 0 saturated heterocycles. The molecule has 132 valence electrons. The number of nitrogens with one attached hydrogen (secondary N) is 1. The molecule has 1 amide bonds. The maximum Gasteiger partial charge on any atom is 0.306 e. The number of aryl methyl sites for hydroxylation is 3. The lowest BCUT2D eigenvalue weighted by atomic mass is 10.0. The van der Waals surface area contributed by atoms with Crippen molar-refractivity contribution in [2.45, 2.75) is 72.3 Å². The predicted molar refractivity (Wildman–Crippen MR) is 96.0 cm³/mol. The molecule has 4 nitrogen and oxygen atoms in total. The van der Waals surface area contributed by atoms with Crippen molar-refractivity contribution in [3.05, 3.63) is 28.8 Å². The van der Waals surface area contributed by atoms with Crippen LogP contribution in [0.2, 0.25) is 0 Å². The molecule has 24 heavy (non-hydrogen) atoms. The number of hydrogen-bond donors (Lipinski definition) is 1. The minimum Gasteiger partial charge on any atom is -0.453 e. The molecule has 1 aliphatic rings. The maximum absolute atomic E-state index is 12.3. The Hall–Kier alpha value is -1.84. The van der Waals surface area contributed by atoms with E-state index in [1.54, 1.807) is 6.92 Å². The molecule has 1 fully saturated rings. The number of carbonyl (C=O) groups excluding carboxylic acids is 2. The normalized spacial score (nSPS) is 16.0. The lowest BCUT2D eigenvalue weighted by Gasteiger charge is -2.17. The SMILES string of the molecule is Cc1cc(C)c(NC(=O)C(C)OC(=O)CCC2CCCC2)c(C)c1. The summed E-state index contributed by atoms with van der Waals surface area (Å²) in [6, 6.07) is 4.06. The Kier molecular flexibility index (Phi) is 6.41. The first-order valence-corrected chi connectivity index (χ1v) is 8.95. The number of carbonyl (C=O) groups is 2. The number of anilines is 1. The van der Waals surface area contributed by atoms with Crippen molar-refractivity contribution in [3.63, 3.8) is 0 Å². The maximum atomic E-state index is 12.3. The van der Waals surface area contributed by atoms with E-state index in [-0.39, 0.29) is 11.9 Å². The van der Waals surface area contributed by atoms with Crippen LogP contribution in [-0.4, -0.2) is 18.0 Å². The van der Waals surface area contributed by atoms with Gasteiger partial charge in [0, 0.05) is 12.1 Å². The predicted octanol–water partition coefficient (Wildman–Crippen LogP) is 4.45. The molecule has 1 aromatic rings. The summed E-state index contributed by atoms with van der Waals surface area (Å²) < 4.78 is 5.30. The molecule has 1 atom stereocenters. The monoisotopic (exact) mass is 331 g/mol. The van der Waals surface area contributed by atoms with Crippen LogP contribution in [0.1, 0.15) is 62.1 Å². The van der Waals surface area contributed by atoms with Gasteiger partial charge in [-0.3, -0.25) is 9.59 Å². The van der Waals surface area contributed by atoms with E-state index in [0.717, 1.165) is 28.8 Å². The zero-order valence-corrected chi connectivity index (χ0v) is 15.3. The molecule has 0 aromatic heterocycles. The molecule has 0 aliphatic heterocycles. The van der Waals surface area contributed by atoms with Gasteiger partial charge in [-0.15, -0.1) is 0 Å². The second-order valence-electron chi connectivity index (χ2n) is 7.08. The molecular weight excluding hydrogens is 302 g/mol. The van der Waals surface area contributed by atoms with Crippen molar-refractivity contribution in [1.29, 1.82) is 0 Å². The lowest BCUT2D eigenvalue weighted by molar-refractivity contribution is -0.153. The second-order valence-corrected chi connectivity index (χ2v) is 7.08. The first-order chi connectivity index (χ1) is 11.4. The van der Waals surface area contributed by atoms with E-state index in [9.17, 15) is 9.59 Å². The van der Waals surface area contributed by atoms with Crippen LogP contribution in [0.25, 0.3) is 0 Å². The van der Waals surface area contributed by atoms with Gasteiger partial charge >= 0.3 is 5.97 Å². The summed E-state index contributed by atoms with van der Waals surface area (Å²) in [6.45, 7) is 7.59. The van der Waals surface area contributed by atoms with E-state index in [1.807, 2.05) is 32.9 Å². The van der Waals surface area contributed by atoms with Crippen LogP contribution in [0.3, 0.4) is 0 Å². The molecule has 0 spiro atoms. The van der Waals surface area contributed by atoms with Crippen molar-refractivity contribution in [3.8, 4) is 0 Å². The van der Waals surface area contributed by atoms with Gasteiger partial charge < -0.3 is 10.1 Å². The zero-order valence-electron chi connectivity index (χ0n) is 15.3. The van der Waals surface area contributed by atoms with E-state index >= 15 is 0 Å². The number of rotatable bonds is 6. The molecular formula is C20H29NO3. The minimum absolute atomic E-state index is 0.276. The summed E-state index contributed by atoms with van der Waals surface area (Å²) >= 11 is 0. The fourth-order valence-corrected chi connectivity index (χ4v) is 3.53. The van der Waals surface area contributed by atoms with Crippen LogP contribution in [-0.2, 0) is 14.3 Å². The molecule has 1 aromatic carbocycles. The van der Waals surface area contributed by atoms with Gasteiger partial charge in [0.2, 0.25) is 0 Å². The first-order valence-electron chi connectivity index (χ1n) is 8.95. The Morgan fingerprint density at radius 3 is 2.33 bits per heavy atom. The average molecular weight is 331 g/mol. The van der Waals surface area contributed by atoms with Crippen LogP contribution in [0.4, 0.5) is 5.69 Å². The Bertz CT molecular complexity index is 580. The summed E-state index contributed by atoms with van der Waals surface area (Å²) in [5.41, 5.74) is 4.00. The number of amides is 1. The summed E-state index contributed by atoms with van der Waals surface area (Å²) in [6.07, 6.45) is 5.49. The molecule has 1 N–H and O–H groups in total. The minimum atomic E-state index is -0.777. The largest absolute Gasteiger partial charge is 0.453 e. The van der Waals surface area contributed by atoms with E-state index in [2.05, 4.69) is 5.32 Å². The quantitative estimate of drug-likeness (QED) is 0.783. The van der Waals surface area contributed by atoms with E-state index < -0.39 is 6.10 Å². The van der Waals surface area contributed by atoms with Gasteiger partial charge in [0.15, 0.2) is 6.10 Å². The van der Waals surface area contributed by atoms with Crippen LogP contribution < -0.4 is 5.32 Å². The molecule has 0 radical (unpaired) electrons. The highest BCUT2D eigenvalue weighted by Crippen LogP contribution is 2.28. The number of hydrogen-bond acceptors (Lipinski definition) is 3. The van der Waals surface area contributed by atoms with E-state index in [0.29, 0.717) is 12.3 Å². The third-order valence-electron chi connectivity index (χ3n) is 4.83. The van der Waals surface area contributed by atoms with Crippen molar-refractivity contribution >= 4 is 17.6 Å². The summed E-state index contributed by atoms with van der Waals surface area (Å²) in [5, 5.41) is 2.89. The third kappa shape index (κ3) is 5.08. The fraction of sp³-hybridized carbons (Fsp3) is 0.600. The number of esters is 1. The Labute approximate surface area is 145 Å². The Balaban J connectivity index is 1.84. The van der Waals surface area contributed by atoms with Crippen LogP contribution in [0.5, 0.6) is 0 Å². The third-order valence-corrected chi connectivity index (χ3v) is 4.83. The van der Waals surface area contributed by atoms with E-state index in [1.165, 1.54) is 25.7 Å². The van der Waals surface area contributed by atoms with Crippen LogP contribution >= 0.6 is 0 Å². The Morgan fingerprint density at radius 2 is 1.75 bits per heavy atom. The van der Waals surface area contributed by atoms with Crippen molar-refractivity contribution in [2.75, 3.05) is 5.32 Å². The summed E-state index contributed by atoms with van der Waals surface area (Å²) in [5.74, 6) is 0.0979. The van der Waals surface area contributed by atoms with Gasteiger partial charge in [-0.2, -0.15) is 0 Å². The zero-order chi connectivity index (χ0) is 17.7. The average Bonchev–Trinajstić information content (AvgIpc) is 3.01. The summed E-state index contributed by atoms with van der Waals surface area (Å²) in [4.78, 5) is 24.3. The number of ether oxygens (including phenoxy) is 1. The van der Waals surface area contributed by atoms with Gasteiger partial charge in [-0.1, -0.05) is 43.4 Å². The molecule has 0 bridgehead atoms. The molecule has 0 heterocycles. The first kappa shape index (κ1) is 18.5. The molecule has 4 heteroatoms. The van der Waals surface area contributed by atoms with Gasteiger partial charge in [0.1, 0.15) is 0 Å². The molecule has 1 unspecified atom stereocenters. The van der Waals surface area contributed by atoms with Gasteiger partial charge in [0.05, 0.1) is 0 Å².